The van der Waals surface area contributed by atoms with Crippen molar-refractivity contribution in [1.29, 1.82) is 0 Å². The van der Waals surface area contributed by atoms with Gasteiger partial charge in [0, 0.05) is 17.8 Å². The number of hydrogen-bond acceptors (Lipinski definition) is 0. The first kappa shape index (κ1) is 35.7. The van der Waals surface area contributed by atoms with Crippen molar-refractivity contribution in [2.75, 3.05) is 0 Å². The molecule has 0 nitrogen and oxygen atoms in total. The SMILES string of the molecule is c1ccc(C(c2ccccc2)c2ccc(-c3ccc(C(c4ccccc4)c4ccc(-c5ccc(C(c6ccccc6)c6ccccc6)cc5)cc4)cc3)cc2)cc1. The van der Waals surface area contributed by atoms with Gasteiger partial charge in [-0.05, 0) is 72.3 Å². The Balaban J connectivity index is 0.971. The molecular formula is C57H44. The second-order valence-electron chi connectivity index (χ2n) is 14.8. The zero-order valence-electron chi connectivity index (χ0n) is 31.9. The van der Waals surface area contributed by atoms with Crippen LogP contribution in [0.1, 0.15) is 67.8 Å². The highest BCUT2D eigenvalue weighted by molar-refractivity contribution is 5.67. The van der Waals surface area contributed by atoms with E-state index in [9.17, 15) is 0 Å². The average molecular weight is 729 g/mol. The zero-order valence-corrected chi connectivity index (χ0v) is 31.9. The summed E-state index contributed by atoms with van der Waals surface area (Å²) in [6.45, 7) is 0. The van der Waals surface area contributed by atoms with Crippen LogP contribution >= 0.6 is 0 Å². The van der Waals surface area contributed by atoms with Gasteiger partial charge in [-0.25, -0.2) is 0 Å². The molecule has 9 aromatic carbocycles. The molecule has 0 heterocycles. The Labute approximate surface area is 337 Å². The van der Waals surface area contributed by atoms with Crippen LogP contribution in [0.25, 0.3) is 22.3 Å². The van der Waals surface area contributed by atoms with Crippen molar-refractivity contribution in [3.05, 3.63) is 299 Å². The molecule has 0 bridgehead atoms. The van der Waals surface area contributed by atoms with Gasteiger partial charge in [-0.2, -0.15) is 0 Å². The molecule has 57 heavy (non-hydrogen) atoms. The minimum Gasteiger partial charge on any atom is -0.0622 e. The smallest absolute Gasteiger partial charge is 0.0340 e. The molecule has 0 atom stereocenters. The third kappa shape index (κ3) is 7.90. The van der Waals surface area contributed by atoms with Crippen molar-refractivity contribution < 1.29 is 0 Å². The molecule has 0 aliphatic heterocycles. The first-order valence-electron chi connectivity index (χ1n) is 19.9. The van der Waals surface area contributed by atoms with Crippen molar-refractivity contribution in [1.82, 2.24) is 0 Å². The summed E-state index contributed by atoms with van der Waals surface area (Å²) in [7, 11) is 0. The van der Waals surface area contributed by atoms with E-state index in [1.165, 1.54) is 72.3 Å². The molecule has 0 N–H and O–H groups in total. The van der Waals surface area contributed by atoms with E-state index < -0.39 is 0 Å². The summed E-state index contributed by atoms with van der Waals surface area (Å²) >= 11 is 0. The lowest BCUT2D eigenvalue weighted by Crippen LogP contribution is -2.04. The maximum absolute atomic E-state index is 2.31. The highest BCUT2D eigenvalue weighted by Gasteiger charge is 2.20. The van der Waals surface area contributed by atoms with E-state index >= 15 is 0 Å². The fraction of sp³-hybridized carbons (Fsp3) is 0.0526. The van der Waals surface area contributed by atoms with Crippen LogP contribution in [0.4, 0.5) is 0 Å². The van der Waals surface area contributed by atoms with Crippen molar-refractivity contribution in [2.45, 2.75) is 17.8 Å². The average Bonchev–Trinajstić information content (AvgIpc) is 3.30. The van der Waals surface area contributed by atoms with Crippen LogP contribution in [0.15, 0.2) is 249 Å². The van der Waals surface area contributed by atoms with E-state index in [2.05, 4.69) is 249 Å². The largest absolute Gasteiger partial charge is 0.0622 e. The van der Waals surface area contributed by atoms with Gasteiger partial charge in [0.2, 0.25) is 0 Å². The molecule has 0 aliphatic rings. The van der Waals surface area contributed by atoms with Gasteiger partial charge >= 0.3 is 0 Å². The molecule has 0 heteroatoms. The Bertz CT molecular complexity index is 2350. The Morgan fingerprint density at radius 1 is 0.140 bits per heavy atom. The van der Waals surface area contributed by atoms with Gasteiger partial charge in [-0.1, -0.05) is 249 Å². The zero-order chi connectivity index (χ0) is 38.2. The molecule has 0 spiro atoms. The molecule has 9 rings (SSSR count). The summed E-state index contributed by atoms with van der Waals surface area (Å²) in [5.41, 5.74) is 16.5. The first-order valence-corrected chi connectivity index (χ1v) is 19.9. The fourth-order valence-corrected chi connectivity index (χ4v) is 8.43. The Kier molecular flexibility index (Phi) is 10.5. The third-order valence-corrected chi connectivity index (χ3v) is 11.3. The molecule has 272 valence electrons. The first-order chi connectivity index (χ1) is 28.3. The van der Waals surface area contributed by atoms with Crippen molar-refractivity contribution in [3.8, 4) is 22.3 Å². The van der Waals surface area contributed by atoms with E-state index in [0.717, 1.165) is 0 Å². The van der Waals surface area contributed by atoms with Gasteiger partial charge in [0.1, 0.15) is 0 Å². The second kappa shape index (κ2) is 16.8. The fourth-order valence-electron chi connectivity index (χ4n) is 8.43. The van der Waals surface area contributed by atoms with E-state index in [1.54, 1.807) is 0 Å². The van der Waals surface area contributed by atoms with Gasteiger partial charge in [-0.3, -0.25) is 0 Å². The molecule has 0 aromatic heterocycles. The van der Waals surface area contributed by atoms with E-state index in [1.807, 2.05) is 0 Å². The number of rotatable bonds is 11. The summed E-state index contributed by atoms with van der Waals surface area (Å²) < 4.78 is 0. The van der Waals surface area contributed by atoms with Crippen LogP contribution in [-0.2, 0) is 0 Å². The van der Waals surface area contributed by atoms with Crippen LogP contribution in [0.5, 0.6) is 0 Å². The van der Waals surface area contributed by atoms with Crippen LogP contribution in [0, 0.1) is 0 Å². The summed E-state index contributed by atoms with van der Waals surface area (Å²) in [6, 6.07) is 90.7. The van der Waals surface area contributed by atoms with E-state index in [4.69, 9.17) is 0 Å². The van der Waals surface area contributed by atoms with Gasteiger partial charge in [0.05, 0.1) is 0 Å². The molecule has 0 saturated carbocycles. The Morgan fingerprint density at radius 2 is 0.281 bits per heavy atom. The second-order valence-corrected chi connectivity index (χ2v) is 14.8. The normalized spacial score (nSPS) is 11.3. The summed E-state index contributed by atoms with van der Waals surface area (Å²) in [5, 5.41) is 0. The monoisotopic (exact) mass is 728 g/mol. The van der Waals surface area contributed by atoms with Gasteiger partial charge < -0.3 is 0 Å². The topological polar surface area (TPSA) is 0 Å². The number of hydrogen-bond donors (Lipinski definition) is 0. The molecule has 0 fully saturated rings. The van der Waals surface area contributed by atoms with Crippen LogP contribution < -0.4 is 0 Å². The lowest BCUT2D eigenvalue weighted by molar-refractivity contribution is 0.976. The highest BCUT2D eigenvalue weighted by atomic mass is 14.2. The maximum atomic E-state index is 2.31. The Hall–Kier alpha value is -7.02. The van der Waals surface area contributed by atoms with Crippen molar-refractivity contribution in [3.63, 3.8) is 0 Å². The summed E-state index contributed by atoms with van der Waals surface area (Å²) in [5.74, 6) is 0.495. The van der Waals surface area contributed by atoms with E-state index in [0.29, 0.717) is 0 Å². The van der Waals surface area contributed by atoms with Gasteiger partial charge in [0.25, 0.3) is 0 Å². The summed E-state index contributed by atoms with van der Waals surface area (Å²) in [6.07, 6.45) is 0. The molecule has 0 radical (unpaired) electrons. The quantitative estimate of drug-likeness (QED) is 0.116. The Morgan fingerprint density at radius 3 is 0.439 bits per heavy atom. The summed E-state index contributed by atoms with van der Waals surface area (Å²) in [4.78, 5) is 0. The highest BCUT2D eigenvalue weighted by Crippen LogP contribution is 2.37. The lowest BCUT2D eigenvalue weighted by atomic mass is 9.83. The van der Waals surface area contributed by atoms with Gasteiger partial charge in [-0.15, -0.1) is 0 Å². The van der Waals surface area contributed by atoms with Crippen molar-refractivity contribution >= 4 is 0 Å². The number of benzene rings is 9. The minimum absolute atomic E-state index is 0.119. The predicted octanol–water partition coefficient (Wildman–Crippen LogP) is 14.6. The molecule has 9 aromatic rings. The third-order valence-electron chi connectivity index (χ3n) is 11.3. The maximum Gasteiger partial charge on any atom is 0.0340 e. The molecule has 0 unspecified atom stereocenters. The van der Waals surface area contributed by atoms with Crippen LogP contribution in [0.3, 0.4) is 0 Å². The predicted molar refractivity (Wildman–Crippen MR) is 239 cm³/mol. The molecule has 0 amide bonds. The minimum atomic E-state index is 0.119. The molecule has 0 saturated heterocycles. The molecule has 0 aliphatic carbocycles. The standard InChI is InChI=1S/C57H44/c1-6-16-46(17-7-1)55(47-18-8-2-9-19-47)51-34-26-42(27-35-51)44-30-38-53(39-31-44)57(50-24-14-5-15-25-50)54-40-32-45(33-41-54)43-28-36-52(37-29-43)56(48-20-10-3-11-21-48)49-22-12-4-13-23-49/h1-41,55-57H. The van der Waals surface area contributed by atoms with Crippen LogP contribution in [0.2, 0.25) is 0 Å². The van der Waals surface area contributed by atoms with Crippen LogP contribution in [-0.4, -0.2) is 0 Å². The van der Waals surface area contributed by atoms with Crippen molar-refractivity contribution in [2.24, 2.45) is 0 Å². The van der Waals surface area contributed by atoms with Gasteiger partial charge in [0.15, 0.2) is 0 Å². The lowest BCUT2D eigenvalue weighted by Gasteiger charge is -2.21. The molecular weight excluding hydrogens is 685 g/mol. The van der Waals surface area contributed by atoms with E-state index in [-0.39, 0.29) is 17.8 Å².